The van der Waals surface area contributed by atoms with E-state index < -0.39 is 0 Å². The van der Waals surface area contributed by atoms with Gasteiger partial charge in [-0.3, -0.25) is 4.68 Å². The molecule has 21 heavy (non-hydrogen) atoms. The third-order valence-corrected chi connectivity index (χ3v) is 3.84. The lowest BCUT2D eigenvalue weighted by Crippen LogP contribution is -2.08. The summed E-state index contributed by atoms with van der Waals surface area (Å²) in [4.78, 5) is 11.5. The molecule has 0 saturated carbocycles. The molecule has 1 atom stereocenters. The fourth-order valence-corrected chi connectivity index (χ4v) is 2.73. The molecule has 0 N–H and O–H groups in total. The summed E-state index contributed by atoms with van der Waals surface area (Å²) in [6, 6.07) is 9.33. The zero-order chi connectivity index (χ0) is 14.2. The first-order valence-corrected chi connectivity index (χ1v) is 6.96. The minimum Gasteiger partial charge on any atom is -0.422 e. The first-order chi connectivity index (χ1) is 10.3. The average molecular weight is 282 g/mol. The van der Waals surface area contributed by atoms with Gasteiger partial charge in [0.1, 0.15) is 5.58 Å². The molecule has 0 aliphatic carbocycles. The van der Waals surface area contributed by atoms with Crippen LogP contribution in [0.3, 0.4) is 0 Å². The number of benzene rings is 1. The van der Waals surface area contributed by atoms with E-state index in [4.69, 9.17) is 9.15 Å². The molecule has 4 rings (SSSR count). The van der Waals surface area contributed by atoms with E-state index >= 15 is 0 Å². The number of fused-ring (bicyclic) bond motifs is 1. The van der Waals surface area contributed by atoms with Crippen LogP contribution in [-0.2, 0) is 4.74 Å². The molecule has 5 heteroatoms. The van der Waals surface area contributed by atoms with Gasteiger partial charge in [-0.15, -0.1) is 0 Å². The van der Waals surface area contributed by atoms with Crippen LogP contribution in [0.4, 0.5) is 0 Å². The molecule has 0 bridgehead atoms. The van der Waals surface area contributed by atoms with E-state index in [1.54, 1.807) is 12.3 Å². The Bertz CT molecular complexity index is 844. The van der Waals surface area contributed by atoms with Gasteiger partial charge in [0.25, 0.3) is 0 Å². The number of rotatable bonds is 2. The van der Waals surface area contributed by atoms with Crippen LogP contribution >= 0.6 is 0 Å². The molecule has 1 saturated heterocycles. The Morgan fingerprint density at radius 1 is 1.24 bits per heavy atom. The zero-order valence-corrected chi connectivity index (χ0v) is 11.4. The first-order valence-electron chi connectivity index (χ1n) is 6.96. The minimum atomic E-state index is -0.341. The molecule has 1 fully saturated rings. The highest BCUT2D eigenvalue weighted by molar-refractivity contribution is 5.91. The van der Waals surface area contributed by atoms with Crippen LogP contribution in [0.5, 0.6) is 0 Å². The average Bonchev–Trinajstić information content (AvgIpc) is 3.17. The van der Waals surface area contributed by atoms with Gasteiger partial charge in [-0.05, 0) is 12.5 Å². The second kappa shape index (κ2) is 4.86. The highest BCUT2D eigenvalue weighted by atomic mass is 16.5. The number of aromatic nitrogens is 2. The maximum Gasteiger partial charge on any atom is 0.336 e. The summed E-state index contributed by atoms with van der Waals surface area (Å²) in [5, 5.41) is 5.33. The molecule has 3 heterocycles. The maximum absolute atomic E-state index is 11.5. The molecular weight excluding hydrogens is 268 g/mol. The van der Waals surface area contributed by atoms with Crippen molar-refractivity contribution in [2.45, 2.75) is 12.5 Å². The SMILES string of the molecule is O=c1ccc2cccc(-c3cnn(C4CCOC4)c3)c2o1. The van der Waals surface area contributed by atoms with Gasteiger partial charge in [-0.25, -0.2) is 4.79 Å². The van der Waals surface area contributed by atoms with Crippen LogP contribution in [0.1, 0.15) is 12.5 Å². The lowest BCUT2D eigenvalue weighted by atomic mass is 10.1. The second-order valence-electron chi connectivity index (χ2n) is 5.20. The van der Waals surface area contributed by atoms with E-state index in [9.17, 15) is 4.79 Å². The fourth-order valence-electron chi connectivity index (χ4n) is 2.73. The van der Waals surface area contributed by atoms with Gasteiger partial charge in [-0.1, -0.05) is 18.2 Å². The van der Waals surface area contributed by atoms with E-state index in [1.165, 1.54) is 6.07 Å². The predicted octanol–water partition coefficient (Wildman–Crippen LogP) is 2.62. The number of hydrogen-bond donors (Lipinski definition) is 0. The Kier molecular flexibility index (Phi) is 2.86. The monoisotopic (exact) mass is 282 g/mol. The largest absolute Gasteiger partial charge is 0.422 e. The van der Waals surface area contributed by atoms with Crippen molar-refractivity contribution in [3.8, 4) is 11.1 Å². The van der Waals surface area contributed by atoms with Crippen molar-refractivity contribution in [3.63, 3.8) is 0 Å². The number of hydrogen-bond acceptors (Lipinski definition) is 4. The summed E-state index contributed by atoms with van der Waals surface area (Å²) >= 11 is 0. The highest BCUT2D eigenvalue weighted by Crippen LogP contribution is 2.28. The van der Waals surface area contributed by atoms with E-state index in [0.29, 0.717) is 18.2 Å². The van der Waals surface area contributed by atoms with Gasteiger partial charge in [0.2, 0.25) is 0 Å². The second-order valence-corrected chi connectivity index (χ2v) is 5.20. The molecular formula is C16H14N2O3. The minimum absolute atomic E-state index is 0.292. The van der Waals surface area contributed by atoms with Crippen molar-refractivity contribution in [1.82, 2.24) is 9.78 Å². The highest BCUT2D eigenvalue weighted by Gasteiger charge is 2.19. The Balaban J connectivity index is 1.83. The van der Waals surface area contributed by atoms with Crippen LogP contribution in [0, 0.1) is 0 Å². The molecule has 5 nitrogen and oxygen atoms in total. The smallest absolute Gasteiger partial charge is 0.336 e. The van der Waals surface area contributed by atoms with Crippen LogP contribution in [0.15, 0.2) is 51.9 Å². The van der Waals surface area contributed by atoms with Crippen molar-refractivity contribution >= 4 is 11.0 Å². The first kappa shape index (κ1) is 12.3. The molecule has 1 aliphatic heterocycles. The third-order valence-electron chi connectivity index (χ3n) is 3.84. The van der Waals surface area contributed by atoms with Crippen LogP contribution in [0.25, 0.3) is 22.1 Å². The van der Waals surface area contributed by atoms with Gasteiger partial charge >= 0.3 is 5.63 Å². The molecule has 3 aromatic rings. The van der Waals surface area contributed by atoms with Gasteiger partial charge < -0.3 is 9.15 Å². The third kappa shape index (κ3) is 2.15. The van der Waals surface area contributed by atoms with Crippen molar-refractivity contribution < 1.29 is 9.15 Å². The summed E-state index contributed by atoms with van der Waals surface area (Å²) in [6.45, 7) is 1.48. The van der Waals surface area contributed by atoms with Crippen LogP contribution in [-0.4, -0.2) is 23.0 Å². The molecule has 1 aliphatic rings. The standard InChI is InChI=1S/C16H14N2O3/c19-15-5-4-11-2-1-3-14(16(11)21-15)12-8-17-18(9-12)13-6-7-20-10-13/h1-5,8-9,13H,6-7,10H2. The molecule has 106 valence electrons. The molecule has 1 aromatic carbocycles. The van der Waals surface area contributed by atoms with Crippen molar-refractivity contribution in [2.24, 2.45) is 0 Å². The predicted molar refractivity (Wildman–Crippen MR) is 78.2 cm³/mol. The quantitative estimate of drug-likeness (QED) is 0.678. The van der Waals surface area contributed by atoms with Gasteiger partial charge in [0.05, 0.1) is 18.8 Å². The number of para-hydroxylation sites is 1. The Morgan fingerprint density at radius 2 is 2.19 bits per heavy atom. The Labute approximate surface area is 120 Å². The summed E-state index contributed by atoms with van der Waals surface area (Å²) in [6.07, 6.45) is 4.77. The van der Waals surface area contributed by atoms with E-state index in [1.807, 2.05) is 29.1 Å². The fraction of sp³-hybridized carbons (Fsp3) is 0.250. The topological polar surface area (TPSA) is 57.3 Å². The van der Waals surface area contributed by atoms with E-state index in [-0.39, 0.29) is 5.63 Å². The van der Waals surface area contributed by atoms with Crippen molar-refractivity contribution in [2.75, 3.05) is 13.2 Å². The molecule has 1 unspecified atom stereocenters. The lowest BCUT2D eigenvalue weighted by molar-refractivity contribution is 0.184. The Hall–Kier alpha value is -2.40. The molecule has 0 amide bonds. The Morgan fingerprint density at radius 3 is 3.05 bits per heavy atom. The van der Waals surface area contributed by atoms with E-state index in [2.05, 4.69) is 5.10 Å². The van der Waals surface area contributed by atoms with Crippen LogP contribution in [0.2, 0.25) is 0 Å². The molecule has 2 aromatic heterocycles. The number of nitrogens with zero attached hydrogens (tertiary/aromatic N) is 2. The summed E-state index contributed by atoms with van der Waals surface area (Å²) in [7, 11) is 0. The normalized spacial score (nSPS) is 18.4. The van der Waals surface area contributed by atoms with Gasteiger partial charge in [0.15, 0.2) is 0 Å². The number of ether oxygens (including phenoxy) is 1. The molecule has 0 spiro atoms. The molecule has 0 radical (unpaired) electrons. The maximum atomic E-state index is 11.5. The zero-order valence-electron chi connectivity index (χ0n) is 11.4. The van der Waals surface area contributed by atoms with Crippen molar-refractivity contribution in [3.05, 3.63) is 53.1 Å². The summed E-state index contributed by atoms with van der Waals surface area (Å²) < 4.78 is 12.7. The van der Waals surface area contributed by atoms with Crippen LogP contribution < -0.4 is 5.63 Å². The van der Waals surface area contributed by atoms with E-state index in [0.717, 1.165) is 29.5 Å². The van der Waals surface area contributed by atoms with Crippen molar-refractivity contribution in [1.29, 1.82) is 0 Å². The summed E-state index contributed by atoms with van der Waals surface area (Å²) in [5.41, 5.74) is 2.09. The summed E-state index contributed by atoms with van der Waals surface area (Å²) in [5.74, 6) is 0. The van der Waals surface area contributed by atoms with Gasteiger partial charge in [0, 0.05) is 35.4 Å². The van der Waals surface area contributed by atoms with Gasteiger partial charge in [-0.2, -0.15) is 5.10 Å². The lowest BCUT2D eigenvalue weighted by Gasteiger charge is -2.07.